The zero-order chi connectivity index (χ0) is 28.4. The molecule has 4 heterocycles. The number of aliphatic hydroxyl groups is 1. The first kappa shape index (κ1) is 28.2. The van der Waals surface area contributed by atoms with Crippen LogP contribution in [0.15, 0.2) is 64.4 Å². The largest absolute Gasteiger partial charge is 0.396 e. The molecule has 0 unspecified atom stereocenters. The van der Waals surface area contributed by atoms with Gasteiger partial charge < -0.3 is 19.7 Å². The molecule has 0 fully saturated rings. The number of hydrogen-bond acceptors (Lipinski definition) is 7. The summed E-state index contributed by atoms with van der Waals surface area (Å²) in [7, 11) is -1.19. The minimum atomic E-state index is -1.19. The lowest BCUT2D eigenvalue weighted by atomic mass is 10.1. The predicted octanol–water partition coefficient (Wildman–Crippen LogP) is 5.15. The van der Waals surface area contributed by atoms with Crippen LogP contribution in [0.3, 0.4) is 0 Å². The molecule has 2 N–H and O–H groups in total. The van der Waals surface area contributed by atoms with Crippen molar-refractivity contribution in [3.8, 4) is 5.69 Å². The molecule has 1 atom stereocenters. The van der Waals surface area contributed by atoms with Crippen LogP contribution in [0, 0.1) is 6.92 Å². The van der Waals surface area contributed by atoms with Crippen molar-refractivity contribution in [1.29, 1.82) is 0 Å². The molecule has 0 aliphatic carbocycles. The number of halogens is 1. The summed E-state index contributed by atoms with van der Waals surface area (Å²) < 4.78 is 12.0. The fraction of sp³-hybridized carbons (Fsp3) is 0.357. The van der Waals surface area contributed by atoms with E-state index in [1.807, 2.05) is 54.1 Å². The summed E-state index contributed by atoms with van der Waals surface area (Å²) in [5, 5.41) is 19.2. The molecule has 12 heteroatoms. The maximum absolute atomic E-state index is 13.8. The minimum Gasteiger partial charge on any atom is -0.396 e. The first-order chi connectivity index (χ1) is 19.2. The molecule has 0 radical (unpaired) electrons. The minimum absolute atomic E-state index is 0.119. The smallest absolute Gasteiger partial charge is 0.282 e. The third kappa shape index (κ3) is 5.75. The maximum Gasteiger partial charge on any atom is 0.282 e. The van der Waals surface area contributed by atoms with Crippen molar-refractivity contribution < 1.29 is 9.84 Å². The number of para-hydroxylation sites is 1. The van der Waals surface area contributed by atoms with Gasteiger partial charge in [-0.1, -0.05) is 37.8 Å². The second-order valence-electron chi connectivity index (χ2n) is 11.1. The van der Waals surface area contributed by atoms with E-state index in [4.69, 9.17) is 9.84 Å². The van der Waals surface area contributed by atoms with Crippen LogP contribution in [-0.4, -0.2) is 55.1 Å². The van der Waals surface area contributed by atoms with Gasteiger partial charge in [-0.15, -0.1) is 0 Å². The Morgan fingerprint density at radius 1 is 1.15 bits per heavy atom. The Bertz CT molecular complexity index is 1690. The van der Waals surface area contributed by atoms with Gasteiger partial charge in [0.25, 0.3) is 5.56 Å². The van der Waals surface area contributed by atoms with Gasteiger partial charge in [-0.25, -0.2) is 14.5 Å². The fourth-order valence-electron chi connectivity index (χ4n) is 4.67. The van der Waals surface area contributed by atoms with Gasteiger partial charge in [-0.2, -0.15) is 5.10 Å². The van der Waals surface area contributed by atoms with Crippen LogP contribution in [0.2, 0.25) is 25.7 Å². The Hall–Kier alpha value is -3.32. The number of nitrogens with one attached hydrogen (secondary N) is 1. The van der Waals surface area contributed by atoms with Crippen LogP contribution in [0.4, 0.5) is 5.82 Å². The summed E-state index contributed by atoms with van der Waals surface area (Å²) >= 11 is 3.68. The molecule has 5 aromatic rings. The van der Waals surface area contributed by atoms with Crippen LogP contribution in [0.5, 0.6) is 0 Å². The third-order valence-corrected chi connectivity index (χ3v) is 9.11. The average Bonchev–Trinajstić information content (AvgIpc) is 3.46. The molecule has 0 bridgehead atoms. The zero-order valence-corrected chi connectivity index (χ0v) is 25.7. The van der Waals surface area contributed by atoms with E-state index < -0.39 is 14.1 Å². The highest BCUT2D eigenvalue weighted by Crippen LogP contribution is 2.33. The summed E-state index contributed by atoms with van der Waals surface area (Å²) in [6, 6.07) is 11.8. The summed E-state index contributed by atoms with van der Waals surface area (Å²) in [5.74, 6) is 1.03. The van der Waals surface area contributed by atoms with E-state index in [0.717, 1.165) is 21.5 Å². The van der Waals surface area contributed by atoms with Crippen molar-refractivity contribution in [1.82, 2.24) is 28.7 Å². The first-order valence-electron chi connectivity index (χ1n) is 13.3. The SMILES string of the molecule is Cc1ccn2nc([C@H](CCO)Nc3ncnc4c3c(Br)cn4COCC[Si](C)(C)C)n(-c3ccccc3)c(=O)c12. The second kappa shape index (κ2) is 11.7. The van der Waals surface area contributed by atoms with Crippen LogP contribution >= 0.6 is 15.9 Å². The van der Waals surface area contributed by atoms with Crippen LogP contribution < -0.4 is 10.9 Å². The standard InChI is InChI=1S/C28H34BrN7O3Si/c1-19-10-12-35-24(19)28(38)36(20-8-6-5-7-9-20)26(33-35)22(11-13-37)32-25-23-21(29)16-34(27(23)31-17-30-25)18-39-14-15-40(2,3)4/h5-10,12,16-17,22,37H,11,13-15,18H2,1-4H3,(H,30,31,32)/t22-/m0/s1. The van der Waals surface area contributed by atoms with E-state index in [-0.39, 0.29) is 12.2 Å². The highest BCUT2D eigenvalue weighted by atomic mass is 79.9. The van der Waals surface area contributed by atoms with E-state index >= 15 is 0 Å². The molecule has 210 valence electrons. The van der Waals surface area contributed by atoms with Crippen LogP contribution in [0.1, 0.15) is 23.9 Å². The fourth-order valence-corrected chi connectivity index (χ4v) is 6.04. The zero-order valence-electron chi connectivity index (χ0n) is 23.1. The van der Waals surface area contributed by atoms with Gasteiger partial charge in [0.05, 0.1) is 17.1 Å². The Morgan fingerprint density at radius 2 is 1.93 bits per heavy atom. The van der Waals surface area contributed by atoms with Gasteiger partial charge in [0.1, 0.15) is 30.0 Å². The Kier molecular flexibility index (Phi) is 8.22. The molecule has 0 spiro atoms. The van der Waals surface area contributed by atoms with E-state index in [2.05, 4.69) is 50.9 Å². The molecular formula is C28H34BrN7O3Si. The highest BCUT2D eigenvalue weighted by Gasteiger charge is 2.24. The molecule has 0 amide bonds. The monoisotopic (exact) mass is 623 g/mol. The number of benzene rings is 1. The molecule has 10 nitrogen and oxygen atoms in total. The number of aryl methyl sites for hydroxylation is 1. The number of anilines is 1. The average molecular weight is 625 g/mol. The van der Waals surface area contributed by atoms with Gasteiger partial charge in [-0.05, 0) is 59.1 Å². The molecular weight excluding hydrogens is 590 g/mol. The summed E-state index contributed by atoms with van der Waals surface area (Å²) in [6.45, 7) is 9.83. The van der Waals surface area contributed by atoms with Gasteiger partial charge >= 0.3 is 0 Å². The lowest BCUT2D eigenvalue weighted by molar-refractivity contribution is 0.0898. The van der Waals surface area contributed by atoms with Crippen LogP contribution in [0.25, 0.3) is 22.2 Å². The summed E-state index contributed by atoms with van der Waals surface area (Å²) in [4.78, 5) is 22.9. The lowest BCUT2D eigenvalue weighted by Gasteiger charge is -2.22. The number of aliphatic hydroxyl groups excluding tert-OH is 1. The summed E-state index contributed by atoms with van der Waals surface area (Å²) in [6.07, 6.45) is 5.52. The highest BCUT2D eigenvalue weighted by molar-refractivity contribution is 9.10. The number of ether oxygens (including phenoxy) is 1. The lowest BCUT2D eigenvalue weighted by Crippen LogP contribution is -2.31. The quantitative estimate of drug-likeness (QED) is 0.155. The summed E-state index contributed by atoms with van der Waals surface area (Å²) in [5.41, 5.74) is 2.58. The second-order valence-corrected chi connectivity index (χ2v) is 17.5. The van der Waals surface area contributed by atoms with Crippen LogP contribution in [-0.2, 0) is 11.5 Å². The van der Waals surface area contributed by atoms with Gasteiger partial charge in [-0.3, -0.25) is 9.36 Å². The maximum atomic E-state index is 13.8. The number of fused-ring (bicyclic) bond motifs is 2. The molecule has 4 aromatic heterocycles. The Balaban J connectivity index is 1.55. The van der Waals surface area contributed by atoms with E-state index in [1.165, 1.54) is 6.33 Å². The van der Waals surface area contributed by atoms with Crippen molar-refractivity contribution >= 4 is 46.4 Å². The molecule has 1 aromatic carbocycles. The Labute approximate surface area is 241 Å². The number of hydrogen-bond donors (Lipinski definition) is 2. The first-order valence-corrected chi connectivity index (χ1v) is 17.8. The molecule has 40 heavy (non-hydrogen) atoms. The number of aromatic nitrogens is 6. The topological polar surface area (TPSA) is 112 Å². The number of rotatable bonds is 11. The third-order valence-electron chi connectivity index (χ3n) is 6.80. The molecule has 0 saturated heterocycles. The predicted molar refractivity (Wildman–Crippen MR) is 163 cm³/mol. The Morgan fingerprint density at radius 3 is 2.65 bits per heavy atom. The van der Waals surface area contributed by atoms with Crippen molar-refractivity contribution in [2.24, 2.45) is 0 Å². The normalized spacial score (nSPS) is 12.8. The molecule has 5 rings (SSSR count). The van der Waals surface area contributed by atoms with Gasteiger partial charge in [0, 0.05) is 38.2 Å². The van der Waals surface area contributed by atoms with Crippen molar-refractivity contribution in [2.75, 3.05) is 18.5 Å². The van der Waals surface area contributed by atoms with Gasteiger partial charge in [0.15, 0.2) is 5.82 Å². The number of nitrogens with zero attached hydrogens (tertiary/aromatic N) is 6. The van der Waals surface area contributed by atoms with Crippen molar-refractivity contribution in [3.05, 3.63) is 81.3 Å². The molecule has 0 aliphatic rings. The van der Waals surface area contributed by atoms with E-state index in [0.29, 0.717) is 48.3 Å². The molecule has 0 saturated carbocycles. The van der Waals surface area contributed by atoms with Crippen molar-refractivity contribution in [2.45, 2.75) is 51.8 Å². The molecule has 0 aliphatic heterocycles. The van der Waals surface area contributed by atoms with E-state index in [1.54, 1.807) is 15.3 Å². The van der Waals surface area contributed by atoms with E-state index in [9.17, 15) is 9.90 Å². The van der Waals surface area contributed by atoms with Gasteiger partial charge in [0.2, 0.25) is 0 Å². The van der Waals surface area contributed by atoms with Crippen molar-refractivity contribution in [3.63, 3.8) is 0 Å².